The van der Waals surface area contributed by atoms with E-state index < -0.39 is 5.97 Å². The lowest BCUT2D eigenvalue weighted by atomic mass is 10.6. The molecule has 9 heavy (non-hydrogen) atoms. The topological polar surface area (TPSA) is 40.5 Å². The summed E-state index contributed by atoms with van der Waals surface area (Å²) < 4.78 is 1.84. The average molecular weight is 165 g/mol. The van der Waals surface area contributed by atoms with Crippen molar-refractivity contribution in [1.29, 1.82) is 0 Å². The van der Waals surface area contributed by atoms with E-state index in [2.05, 4.69) is 0 Å². The Bertz CT molecular complexity index is 113. The van der Waals surface area contributed by atoms with E-state index in [1.165, 1.54) is 11.0 Å². The fourth-order valence-electron chi connectivity index (χ4n) is 0.544. The predicted molar refractivity (Wildman–Crippen MR) is 39.3 cm³/mol. The predicted octanol–water partition coefficient (Wildman–Crippen LogP) is 0.683. The standard InChI is InChI=1S/C4H7NO2S2/c6-4(7)3-5-1-2-8-9-5/h1-3H2,(H,6,7). The fraction of sp³-hybridized carbons (Fsp3) is 0.750. The summed E-state index contributed by atoms with van der Waals surface area (Å²) in [6.45, 7) is 1.05. The monoisotopic (exact) mass is 165 g/mol. The molecule has 1 aliphatic rings. The number of rotatable bonds is 2. The van der Waals surface area contributed by atoms with Crippen LogP contribution < -0.4 is 0 Å². The Hall–Kier alpha value is 0.130. The zero-order valence-electron chi connectivity index (χ0n) is 4.74. The first-order chi connectivity index (χ1) is 4.29. The molecule has 0 radical (unpaired) electrons. The molecule has 0 aromatic carbocycles. The summed E-state index contributed by atoms with van der Waals surface area (Å²) in [4.78, 5) is 10.1. The summed E-state index contributed by atoms with van der Waals surface area (Å²) in [6.07, 6.45) is 0. The molecule has 0 bridgehead atoms. The molecule has 3 nitrogen and oxygen atoms in total. The number of aliphatic carboxylic acids is 1. The lowest BCUT2D eigenvalue weighted by molar-refractivity contribution is -0.137. The summed E-state index contributed by atoms with van der Waals surface area (Å²) in [5.74, 6) is 0.294. The molecule has 1 fully saturated rings. The molecule has 1 heterocycles. The Morgan fingerprint density at radius 3 is 3.00 bits per heavy atom. The van der Waals surface area contributed by atoms with Gasteiger partial charge in [-0.25, -0.2) is 4.31 Å². The summed E-state index contributed by atoms with van der Waals surface area (Å²) in [5, 5.41) is 8.31. The van der Waals surface area contributed by atoms with Crippen molar-refractivity contribution in [3.8, 4) is 0 Å². The lowest BCUT2D eigenvalue weighted by Gasteiger charge is -2.06. The molecule has 1 aliphatic heterocycles. The van der Waals surface area contributed by atoms with E-state index in [1.54, 1.807) is 10.8 Å². The third-order valence-electron chi connectivity index (χ3n) is 0.894. The Kier molecular flexibility index (Phi) is 2.68. The second-order valence-electron chi connectivity index (χ2n) is 1.65. The summed E-state index contributed by atoms with van der Waals surface area (Å²) >= 11 is 0. The Morgan fingerprint density at radius 2 is 2.56 bits per heavy atom. The molecular weight excluding hydrogens is 158 g/mol. The van der Waals surface area contributed by atoms with Gasteiger partial charge in [-0.15, -0.1) is 0 Å². The molecular formula is C4H7NO2S2. The van der Waals surface area contributed by atoms with Crippen LogP contribution in [0.25, 0.3) is 0 Å². The normalized spacial score (nSPS) is 20.4. The first-order valence-electron chi connectivity index (χ1n) is 2.55. The zero-order chi connectivity index (χ0) is 6.69. The Balaban J connectivity index is 2.19. The third-order valence-corrected chi connectivity index (χ3v) is 3.32. The highest BCUT2D eigenvalue weighted by molar-refractivity contribution is 8.76. The molecule has 0 amide bonds. The van der Waals surface area contributed by atoms with Crippen molar-refractivity contribution < 1.29 is 9.90 Å². The highest BCUT2D eigenvalue weighted by Crippen LogP contribution is 2.31. The van der Waals surface area contributed by atoms with Crippen molar-refractivity contribution in [1.82, 2.24) is 4.31 Å². The van der Waals surface area contributed by atoms with Gasteiger partial charge in [0.2, 0.25) is 0 Å². The summed E-state index contributed by atoms with van der Waals surface area (Å²) in [6, 6.07) is 0. The van der Waals surface area contributed by atoms with Crippen LogP contribution in [0.5, 0.6) is 0 Å². The van der Waals surface area contributed by atoms with Gasteiger partial charge in [0, 0.05) is 12.3 Å². The quantitative estimate of drug-likeness (QED) is 0.481. The first kappa shape index (κ1) is 7.24. The highest BCUT2D eigenvalue weighted by atomic mass is 33.1. The van der Waals surface area contributed by atoms with E-state index >= 15 is 0 Å². The molecule has 0 atom stereocenters. The second-order valence-corrected chi connectivity index (χ2v) is 4.12. The van der Waals surface area contributed by atoms with Gasteiger partial charge in [-0.05, 0) is 11.0 Å². The smallest absolute Gasteiger partial charge is 0.318 e. The van der Waals surface area contributed by atoms with Gasteiger partial charge in [-0.2, -0.15) is 0 Å². The van der Waals surface area contributed by atoms with E-state index in [9.17, 15) is 4.79 Å². The van der Waals surface area contributed by atoms with Crippen LogP contribution >= 0.6 is 21.8 Å². The number of nitrogens with zero attached hydrogens (tertiary/aromatic N) is 1. The van der Waals surface area contributed by atoms with Crippen LogP contribution in [0.4, 0.5) is 0 Å². The largest absolute Gasteiger partial charge is 0.480 e. The van der Waals surface area contributed by atoms with Gasteiger partial charge in [0.25, 0.3) is 0 Å². The van der Waals surface area contributed by atoms with Crippen molar-refractivity contribution in [3.05, 3.63) is 0 Å². The molecule has 0 saturated carbocycles. The molecule has 1 rings (SSSR count). The number of carboxylic acid groups (broad SMARTS) is 1. The molecule has 52 valence electrons. The van der Waals surface area contributed by atoms with Gasteiger partial charge >= 0.3 is 5.97 Å². The molecule has 1 N–H and O–H groups in total. The average Bonchev–Trinajstić information content (AvgIpc) is 2.15. The minimum absolute atomic E-state index is 0.164. The summed E-state index contributed by atoms with van der Waals surface area (Å²) in [5.41, 5.74) is 0. The SMILES string of the molecule is O=C(O)CN1CCSS1. The van der Waals surface area contributed by atoms with Crippen LogP contribution in [0, 0.1) is 0 Å². The van der Waals surface area contributed by atoms with Gasteiger partial charge in [-0.3, -0.25) is 4.79 Å². The van der Waals surface area contributed by atoms with Gasteiger partial charge in [-0.1, -0.05) is 10.8 Å². The maximum absolute atomic E-state index is 10.1. The van der Waals surface area contributed by atoms with Crippen LogP contribution in [0.15, 0.2) is 0 Å². The molecule has 0 spiro atoms. The van der Waals surface area contributed by atoms with Crippen molar-refractivity contribution in [3.63, 3.8) is 0 Å². The number of hydrogen-bond acceptors (Lipinski definition) is 4. The van der Waals surface area contributed by atoms with E-state index in [0.29, 0.717) is 0 Å². The molecule has 1 saturated heterocycles. The third kappa shape index (κ3) is 2.47. The number of carboxylic acids is 1. The Morgan fingerprint density at radius 1 is 1.78 bits per heavy atom. The first-order valence-corrected chi connectivity index (χ1v) is 4.83. The minimum Gasteiger partial charge on any atom is -0.480 e. The fourth-order valence-corrected chi connectivity index (χ4v) is 2.78. The van der Waals surface area contributed by atoms with Gasteiger partial charge in [0.15, 0.2) is 0 Å². The van der Waals surface area contributed by atoms with Crippen LogP contribution in [-0.4, -0.2) is 34.2 Å². The maximum atomic E-state index is 10.1. The Labute approximate surface area is 61.3 Å². The maximum Gasteiger partial charge on any atom is 0.318 e. The van der Waals surface area contributed by atoms with E-state index in [1.807, 2.05) is 4.31 Å². The zero-order valence-corrected chi connectivity index (χ0v) is 6.37. The van der Waals surface area contributed by atoms with Gasteiger partial charge in [0.05, 0.1) is 0 Å². The minimum atomic E-state index is -0.745. The molecule has 0 aliphatic carbocycles. The molecule has 0 unspecified atom stereocenters. The summed E-state index contributed by atoms with van der Waals surface area (Å²) in [7, 11) is 3.24. The number of hydrogen-bond donors (Lipinski definition) is 1. The molecule has 0 aromatic heterocycles. The number of carbonyl (C=O) groups is 1. The van der Waals surface area contributed by atoms with Crippen LogP contribution in [0.2, 0.25) is 0 Å². The van der Waals surface area contributed by atoms with E-state index in [4.69, 9.17) is 5.11 Å². The van der Waals surface area contributed by atoms with Gasteiger partial charge < -0.3 is 5.11 Å². The van der Waals surface area contributed by atoms with Crippen molar-refractivity contribution in [2.24, 2.45) is 0 Å². The van der Waals surface area contributed by atoms with Crippen molar-refractivity contribution in [2.75, 3.05) is 18.8 Å². The molecule has 5 heteroatoms. The highest BCUT2D eigenvalue weighted by Gasteiger charge is 2.15. The second kappa shape index (κ2) is 3.34. The van der Waals surface area contributed by atoms with Crippen molar-refractivity contribution >= 4 is 27.7 Å². The lowest BCUT2D eigenvalue weighted by Crippen LogP contribution is -2.21. The molecule has 0 aromatic rings. The van der Waals surface area contributed by atoms with Crippen molar-refractivity contribution in [2.45, 2.75) is 0 Å². The van der Waals surface area contributed by atoms with Crippen LogP contribution in [0.3, 0.4) is 0 Å². The van der Waals surface area contributed by atoms with Gasteiger partial charge in [0.1, 0.15) is 6.54 Å². The van der Waals surface area contributed by atoms with Crippen LogP contribution in [-0.2, 0) is 4.79 Å². The van der Waals surface area contributed by atoms with Crippen LogP contribution in [0.1, 0.15) is 0 Å². The van der Waals surface area contributed by atoms with E-state index in [-0.39, 0.29) is 6.54 Å². The van der Waals surface area contributed by atoms with E-state index in [0.717, 1.165) is 12.3 Å².